The van der Waals surface area contributed by atoms with E-state index in [4.69, 9.17) is 14.2 Å². The number of Topliss-reactive ketones (excluding diaryl/α,β-unsaturated/α-hetero) is 1. The zero-order valence-electron chi connectivity index (χ0n) is 16.9. The predicted octanol–water partition coefficient (Wildman–Crippen LogP) is 2.60. The fourth-order valence-corrected chi connectivity index (χ4v) is 4.10. The van der Waals surface area contributed by atoms with E-state index < -0.39 is 12.3 Å². The van der Waals surface area contributed by atoms with Gasteiger partial charge in [-0.05, 0) is 18.6 Å². The Labute approximate surface area is 164 Å². The highest BCUT2D eigenvalue weighted by atomic mass is 16.7. The van der Waals surface area contributed by atoms with Crippen LogP contribution in [0.4, 0.5) is 0 Å². The largest absolute Gasteiger partial charge is 0.468 e. The molecule has 7 nitrogen and oxygen atoms in total. The van der Waals surface area contributed by atoms with Crippen molar-refractivity contribution in [2.75, 3.05) is 27.9 Å². The number of hydrogen-bond acceptors (Lipinski definition) is 6. The number of benzene rings is 1. The molecule has 1 aromatic carbocycles. The fraction of sp³-hybridized carbons (Fsp3) is 0.524. The van der Waals surface area contributed by atoms with Gasteiger partial charge in [-0.1, -0.05) is 18.2 Å². The van der Waals surface area contributed by atoms with Gasteiger partial charge >= 0.3 is 5.97 Å². The second kappa shape index (κ2) is 8.86. The van der Waals surface area contributed by atoms with Crippen LogP contribution < -0.4 is 0 Å². The van der Waals surface area contributed by atoms with Crippen molar-refractivity contribution in [2.24, 2.45) is 0 Å². The van der Waals surface area contributed by atoms with Gasteiger partial charge in [0.25, 0.3) is 0 Å². The Morgan fingerprint density at radius 1 is 1.21 bits per heavy atom. The number of carbonyl (C=O) groups excluding carboxylic acids is 2. The van der Waals surface area contributed by atoms with Crippen LogP contribution in [0.1, 0.15) is 37.1 Å². The van der Waals surface area contributed by atoms with Crippen LogP contribution in [0.2, 0.25) is 0 Å². The molecule has 0 spiro atoms. The number of hydrogen-bond donors (Lipinski definition) is 1. The Bertz CT molecular complexity index is 842. The summed E-state index contributed by atoms with van der Waals surface area (Å²) in [5.74, 6) is -0.212. The van der Waals surface area contributed by atoms with Gasteiger partial charge in [0.05, 0.1) is 13.2 Å². The van der Waals surface area contributed by atoms with E-state index in [2.05, 4.69) is 16.0 Å². The van der Waals surface area contributed by atoms with Gasteiger partial charge in [-0.25, -0.2) is 0 Å². The number of fused-ring (bicyclic) bond motifs is 3. The summed E-state index contributed by atoms with van der Waals surface area (Å²) in [6, 6.07) is 7.44. The van der Waals surface area contributed by atoms with Crippen molar-refractivity contribution in [3.63, 3.8) is 0 Å². The number of aromatic nitrogens is 1. The molecular weight excluding hydrogens is 360 g/mol. The van der Waals surface area contributed by atoms with E-state index in [1.54, 1.807) is 21.1 Å². The number of para-hydroxylation sites is 1. The second-order valence-electron chi connectivity index (χ2n) is 7.15. The van der Waals surface area contributed by atoms with Crippen molar-refractivity contribution >= 4 is 22.7 Å². The van der Waals surface area contributed by atoms with Crippen molar-refractivity contribution < 1.29 is 23.8 Å². The van der Waals surface area contributed by atoms with Gasteiger partial charge in [0, 0.05) is 56.6 Å². The molecule has 2 aromatic rings. The van der Waals surface area contributed by atoms with E-state index in [-0.39, 0.29) is 17.8 Å². The van der Waals surface area contributed by atoms with E-state index in [1.807, 2.05) is 18.2 Å². The molecule has 3 rings (SSSR count). The lowest BCUT2D eigenvalue weighted by atomic mass is 9.89. The molecule has 1 aromatic heterocycles. The first-order chi connectivity index (χ1) is 13.5. The van der Waals surface area contributed by atoms with Crippen LogP contribution in [-0.4, -0.2) is 61.8 Å². The normalized spacial score (nSPS) is 19.8. The fourth-order valence-electron chi connectivity index (χ4n) is 4.10. The lowest BCUT2D eigenvalue weighted by molar-refractivity contribution is -0.152. The molecule has 0 amide bonds. The summed E-state index contributed by atoms with van der Waals surface area (Å²) < 4.78 is 16.0. The van der Waals surface area contributed by atoms with Gasteiger partial charge in [0.15, 0.2) is 6.29 Å². The molecule has 0 aliphatic carbocycles. The SMILES string of the molecule is COC(=O)[C@@H]1Cc2c([nH]c3ccccc23)[C@H](CC(OC)OC)N1CCC(C)=O. The van der Waals surface area contributed by atoms with Crippen LogP contribution in [0, 0.1) is 0 Å². The minimum absolute atomic E-state index is 0.0832. The van der Waals surface area contributed by atoms with Gasteiger partial charge < -0.3 is 19.2 Å². The second-order valence-corrected chi connectivity index (χ2v) is 7.15. The van der Waals surface area contributed by atoms with Gasteiger partial charge in [-0.3, -0.25) is 14.5 Å². The van der Waals surface area contributed by atoms with Crippen molar-refractivity contribution in [3.05, 3.63) is 35.5 Å². The average Bonchev–Trinajstić information content (AvgIpc) is 3.08. The minimum Gasteiger partial charge on any atom is -0.468 e. The van der Waals surface area contributed by atoms with Crippen LogP contribution in [0.3, 0.4) is 0 Å². The lowest BCUT2D eigenvalue weighted by Crippen LogP contribution is -2.50. The maximum absolute atomic E-state index is 12.6. The highest BCUT2D eigenvalue weighted by molar-refractivity contribution is 5.87. The third kappa shape index (κ3) is 3.97. The summed E-state index contributed by atoms with van der Waals surface area (Å²) >= 11 is 0. The Morgan fingerprint density at radius 2 is 1.93 bits per heavy atom. The predicted molar refractivity (Wildman–Crippen MR) is 105 cm³/mol. The van der Waals surface area contributed by atoms with Gasteiger partial charge in [-0.15, -0.1) is 0 Å². The third-order valence-corrected chi connectivity index (χ3v) is 5.51. The number of esters is 1. The molecule has 0 radical (unpaired) electrons. The van der Waals surface area contributed by atoms with E-state index in [9.17, 15) is 9.59 Å². The van der Waals surface area contributed by atoms with Gasteiger partial charge in [0.2, 0.25) is 0 Å². The zero-order valence-corrected chi connectivity index (χ0v) is 16.9. The Hall–Kier alpha value is -2.22. The maximum Gasteiger partial charge on any atom is 0.323 e. The zero-order chi connectivity index (χ0) is 20.3. The number of rotatable bonds is 8. The van der Waals surface area contributed by atoms with E-state index in [0.717, 1.165) is 22.2 Å². The van der Waals surface area contributed by atoms with Crippen molar-refractivity contribution in [3.8, 4) is 0 Å². The Kier molecular flexibility index (Phi) is 6.49. The summed E-state index contributed by atoms with van der Waals surface area (Å²) in [7, 11) is 4.60. The lowest BCUT2D eigenvalue weighted by Gasteiger charge is -2.41. The first-order valence-corrected chi connectivity index (χ1v) is 9.48. The maximum atomic E-state index is 12.6. The highest BCUT2D eigenvalue weighted by Gasteiger charge is 2.41. The summed E-state index contributed by atoms with van der Waals surface area (Å²) in [5, 5.41) is 1.11. The Morgan fingerprint density at radius 3 is 2.57 bits per heavy atom. The topological polar surface area (TPSA) is 80.9 Å². The molecule has 0 saturated heterocycles. The molecule has 0 unspecified atom stereocenters. The summed E-state index contributed by atoms with van der Waals surface area (Å²) in [5.41, 5.74) is 3.19. The summed E-state index contributed by atoms with van der Waals surface area (Å²) in [4.78, 5) is 29.9. The molecule has 1 aliphatic rings. The van der Waals surface area contributed by atoms with E-state index in [1.165, 1.54) is 7.11 Å². The van der Waals surface area contributed by atoms with Crippen LogP contribution in [0.15, 0.2) is 24.3 Å². The van der Waals surface area contributed by atoms with Crippen molar-refractivity contribution in [1.29, 1.82) is 0 Å². The van der Waals surface area contributed by atoms with Crippen molar-refractivity contribution in [2.45, 2.75) is 44.6 Å². The molecule has 28 heavy (non-hydrogen) atoms. The van der Waals surface area contributed by atoms with Gasteiger partial charge in [-0.2, -0.15) is 0 Å². The number of nitrogens with one attached hydrogen (secondary N) is 1. The number of ketones is 1. The molecule has 0 saturated carbocycles. The standard InChI is InChI=1S/C21H28N2O5/c1-13(24)9-10-23-17(12-19(26-2)27-3)20-15(11-18(23)21(25)28-4)14-7-5-6-8-16(14)22-20/h5-8,17-19,22H,9-12H2,1-4H3/t17-,18-/m0/s1. The van der Waals surface area contributed by atoms with Crippen LogP contribution in [0.25, 0.3) is 10.9 Å². The molecular formula is C21H28N2O5. The molecule has 2 heterocycles. The number of methoxy groups -OCH3 is 3. The first-order valence-electron chi connectivity index (χ1n) is 9.48. The number of ether oxygens (including phenoxy) is 3. The van der Waals surface area contributed by atoms with Crippen molar-refractivity contribution in [1.82, 2.24) is 9.88 Å². The minimum atomic E-state index is -0.463. The van der Waals surface area contributed by atoms with E-state index in [0.29, 0.717) is 25.8 Å². The molecule has 2 atom stereocenters. The number of H-pyrrole nitrogens is 1. The van der Waals surface area contributed by atoms with Crippen LogP contribution in [0.5, 0.6) is 0 Å². The smallest absolute Gasteiger partial charge is 0.323 e. The summed E-state index contributed by atoms with van der Waals surface area (Å²) in [6.45, 7) is 2.03. The van der Waals surface area contributed by atoms with Crippen LogP contribution >= 0.6 is 0 Å². The molecule has 1 aliphatic heterocycles. The quantitative estimate of drug-likeness (QED) is 0.553. The van der Waals surface area contributed by atoms with Gasteiger partial charge in [0.1, 0.15) is 11.8 Å². The Balaban J connectivity index is 2.09. The number of carbonyl (C=O) groups is 2. The molecule has 0 bridgehead atoms. The molecule has 0 fully saturated rings. The number of aromatic amines is 1. The summed E-state index contributed by atoms with van der Waals surface area (Å²) in [6.07, 6.45) is 0.994. The molecule has 7 heteroatoms. The first kappa shape index (κ1) is 20.5. The highest BCUT2D eigenvalue weighted by Crippen LogP contribution is 2.40. The van der Waals surface area contributed by atoms with Crippen LogP contribution in [-0.2, 0) is 30.2 Å². The third-order valence-electron chi connectivity index (χ3n) is 5.51. The monoisotopic (exact) mass is 388 g/mol. The molecule has 152 valence electrons. The molecule has 1 N–H and O–H groups in total. The average molecular weight is 388 g/mol. The van der Waals surface area contributed by atoms with E-state index >= 15 is 0 Å². The number of nitrogens with zero attached hydrogens (tertiary/aromatic N) is 1.